The van der Waals surface area contributed by atoms with E-state index in [1.54, 1.807) is 17.5 Å². The number of fused-ring (bicyclic) bond motifs is 1. The van der Waals surface area contributed by atoms with Gasteiger partial charge in [-0.25, -0.2) is 4.98 Å². The number of rotatable bonds is 4. The summed E-state index contributed by atoms with van der Waals surface area (Å²) in [5, 5.41) is 2.02. The maximum atomic E-state index is 6.06. The fraction of sp³-hybridized carbons (Fsp3) is 0.231. The molecule has 4 nitrogen and oxygen atoms in total. The summed E-state index contributed by atoms with van der Waals surface area (Å²) in [6.45, 7) is 0.766. The largest absolute Gasteiger partial charge is 0.354 e. The van der Waals surface area contributed by atoms with Crippen molar-refractivity contribution in [3.8, 4) is 0 Å². The molecule has 0 aliphatic heterocycles. The van der Waals surface area contributed by atoms with Crippen LogP contribution < -0.4 is 4.90 Å². The predicted molar refractivity (Wildman–Crippen MR) is 79.0 cm³/mol. The third-order valence-corrected chi connectivity index (χ3v) is 3.98. The van der Waals surface area contributed by atoms with E-state index in [9.17, 15) is 0 Å². The van der Waals surface area contributed by atoms with Gasteiger partial charge in [0.05, 0.1) is 11.6 Å². The Kier molecular flexibility index (Phi) is 3.40. The zero-order valence-corrected chi connectivity index (χ0v) is 12.0. The first-order chi connectivity index (χ1) is 9.29. The second-order valence-electron chi connectivity index (χ2n) is 4.29. The second-order valence-corrected chi connectivity index (χ2v) is 5.43. The Morgan fingerprint density at radius 2 is 2.37 bits per heavy atom. The number of pyridine rings is 1. The summed E-state index contributed by atoms with van der Waals surface area (Å²) < 4.78 is 2.05. The van der Waals surface area contributed by atoms with Crippen LogP contribution in [0.25, 0.3) is 4.96 Å². The van der Waals surface area contributed by atoms with E-state index >= 15 is 0 Å². The van der Waals surface area contributed by atoms with Gasteiger partial charge in [-0.1, -0.05) is 6.07 Å². The fourth-order valence-corrected chi connectivity index (χ4v) is 3.07. The van der Waals surface area contributed by atoms with E-state index in [-0.39, 0.29) is 0 Å². The molecule has 3 heterocycles. The first kappa shape index (κ1) is 12.4. The number of halogens is 1. The molecule has 0 N–H and O–H groups in total. The van der Waals surface area contributed by atoms with Crippen molar-refractivity contribution in [1.82, 2.24) is 14.4 Å². The highest BCUT2D eigenvalue weighted by Gasteiger charge is 2.15. The highest BCUT2D eigenvalue weighted by atomic mass is 35.5. The smallest absolute Gasteiger partial charge is 0.195 e. The van der Waals surface area contributed by atoms with Gasteiger partial charge in [0, 0.05) is 37.6 Å². The van der Waals surface area contributed by atoms with Gasteiger partial charge in [-0.2, -0.15) is 0 Å². The molecule has 3 rings (SSSR count). The minimum atomic E-state index is 0.449. The van der Waals surface area contributed by atoms with Gasteiger partial charge in [0.15, 0.2) is 10.8 Å². The first-order valence-electron chi connectivity index (χ1n) is 5.90. The van der Waals surface area contributed by atoms with Crippen LogP contribution in [0.15, 0.2) is 36.1 Å². The molecule has 19 heavy (non-hydrogen) atoms. The number of alkyl halides is 1. The van der Waals surface area contributed by atoms with Crippen LogP contribution in [0.4, 0.5) is 5.82 Å². The van der Waals surface area contributed by atoms with Gasteiger partial charge in [-0.3, -0.25) is 9.38 Å². The fourth-order valence-electron chi connectivity index (χ4n) is 2.09. The molecule has 0 fully saturated rings. The molecule has 6 heteroatoms. The van der Waals surface area contributed by atoms with Gasteiger partial charge in [0.2, 0.25) is 0 Å². The molecule has 0 aromatic carbocycles. The van der Waals surface area contributed by atoms with Crippen LogP contribution in [0.3, 0.4) is 0 Å². The molecule has 3 aromatic rings. The molecule has 0 amide bonds. The van der Waals surface area contributed by atoms with E-state index in [0.29, 0.717) is 5.88 Å². The summed E-state index contributed by atoms with van der Waals surface area (Å²) in [5.41, 5.74) is 2.19. The van der Waals surface area contributed by atoms with E-state index < -0.39 is 0 Å². The topological polar surface area (TPSA) is 33.4 Å². The van der Waals surface area contributed by atoms with Crippen molar-refractivity contribution >= 4 is 33.7 Å². The number of nitrogens with zero attached hydrogens (tertiary/aromatic N) is 4. The Labute approximate surface area is 120 Å². The quantitative estimate of drug-likeness (QED) is 0.693. The van der Waals surface area contributed by atoms with Crippen LogP contribution >= 0.6 is 22.9 Å². The Bertz CT molecular complexity index is 676. The van der Waals surface area contributed by atoms with Crippen molar-refractivity contribution < 1.29 is 0 Å². The molecular weight excluding hydrogens is 280 g/mol. The van der Waals surface area contributed by atoms with Gasteiger partial charge in [-0.15, -0.1) is 22.9 Å². The van der Waals surface area contributed by atoms with Crippen molar-refractivity contribution in [2.24, 2.45) is 0 Å². The van der Waals surface area contributed by atoms with Crippen LogP contribution in [0.1, 0.15) is 11.3 Å². The molecule has 0 spiro atoms. The summed E-state index contributed by atoms with van der Waals surface area (Å²) in [4.78, 5) is 11.9. The van der Waals surface area contributed by atoms with Crippen molar-refractivity contribution in [1.29, 1.82) is 0 Å². The van der Waals surface area contributed by atoms with Gasteiger partial charge in [0.1, 0.15) is 0 Å². The summed E-state index contributed by atoms with van der Waals surface area (Å²) in [7, 11) is 2.02. The second kappa shape index (κ2) is 5.19. The standard InChI is InChI=1S/C13H13ClN4S/c1-17(9-10-3-2-4-15-8-10)12-11(7-14)18-5-6-19-13(18)16-12/h2-6,8H,7,9H2,1H3. The van der Waals surface area contributed by atoms with Crippen molar-refractivity contribution in [3.63, 3.8) is 0 Å². The molecule has 0 aliphatic rings. The van der Waals surface area contributed by atoms with Crippen molar-refractivity contribution in [2.45, 2.75) is 12.4 Å². The van der Waals surface area contributed by atoms with E-state index in [1.165, 1.54) is 0 Å². The van der Waals surface area contributed by atoms with E-state index in [2.05, 4.69) is 20.9 Å². The Morgan fingerprint density at radius 1 is 1.47 bits per heavy atom. The lowest BCUT2D eigenvalue weighted by Crippen LogP contribution is -2.18. The average molecular weight is 293 g/mol. The maximum absolute atomic E-state index is 6.06. The molecule has 0 unspecified atom stereocenters. The molecule has 3 aromatic heterocycles. The third kappa shape index (κ3) is 2.31. The Morgan fingerprint density at radius 3 is 3.11 bits per heavy atom. The Balaban J connectivity index is 1.92. The number of hydrogen-bond acceptors (Lipinski definition) is 4. The lowest BCUT2D eigenvalue weighted by molar-refractivity contribution is 0.888. The normalized spacial score (nSPS) is 11.1. The lowest BCUT2D eigenvalue weighted by Gasteiger charge is -2.17. The monoisotopic (exact) mass is 292 g/mol. The number of thiazole rings is 1. The van der Waals surface area contributed by atoms with E-state index in [1.807, 2.05) is 35.3 Å². The van der Waals surface area contributed by atoms with Gasteiger partial charge >= 0.3 is 0 Å². The highest BCUT2D eigenvalue weighted by molar-refractivity contribution is 7.15. The van der Waals surface area contributed by atoms with Crippen molar-refractivity contribution in [2.75, 3.05) is 11.9 Å². The van der Waals surface area contributed by atoms with Gasteiger partial charge in [-0.05, 0) is 11.6 Å². The summed E-state index contributed by atoms with van der Waals surface area (Å²) in [5.74, 6) is 1.38. The maximum Gasteiger partial charge on any atom is 0.195 e. The molecule has 0 aliphatic carbocycles. The summed E-state index contributed by atoms with van der Waals surface area (Å²) >= 11 is 7.68. The molecule has 98 valence electrons. The third-order valence-electron chi connectivity index (χ3n) is 2.97. The van der Waals surface area contributed by atoms with Crippen molar-refractivity contribution in [3.05, 3.63) is 47.4 Å². The summed E-state index contributed by atoms with van der Waals surface area (Å²) in [6.07, 6.45) is 5.65. The number of anilines is 1. The van der Waals surface area contributed by atoms with Crippen LogP contribution in [0, 0.1) is 0 Å². The lowest BCUT2D eigenvalue weighted by atomic mass is 10.2. The van der Waals surface area contributed by atoms with Crippen LogP contribution in [0.2, 0.25) is 0 Å². The van der Waals surface area contributed by atoms with E-state index in [4.69, 9.17) is 11.6 Å². The zero-order chi connectivity index (χ0) is 13.2. The summed E-state index contributed by atoms with van der Waals surface area (Å²) in [6, 6.07) is 4.00. The molecular formula is C13H13ClN4S. The SMILES string of the molecule is CN(Cc1cccnc1)c1nc2sccn2c1CCl. The van der Waals surface area contributed by atoms with Crippen LogP contribution in [-0.4, -0.2) is 21.4 Å². The zero-order valence-electron chi connectivity index (χ0n) is 10.5. The molecule has 0 saturated heterocycles. The predicted octanol–water partition coefficient (Wildman–Crippen LogP) is 3.17. The average Bonchev–Trinajstić information content (AvgIpc) is 2.99. The van der Waals surface area contributed by atoms with Crippen LogP contribution in [-0.2, 0) is 12.4 Å². The van der Waals surface area contributed by atoms with Crippen LogP contribution in [0.5, 0.6) is 0 Å². The Hall–Kier alpha value is -1.59. The minimum absolute atomic E-state index is 0.449. The van der Waals surface area contributed by atoms with Gasteiger partial charge in [0.25, 0.3) is 0 Å². The number of hydrogen-bond donors (Lipinski definition) is 0. The molecule has 0 saturated carbocycles. The first-order valence-corrected chi connectivity index (χ1v) is 7.31. The molecule has 0 radical (unpaired) electrons. The minimum Gasteiger partial charge on any atom is -0.354 e. The molecule has 0 atom stereocenters. The highest BCUT2D eigenvalue weighted by Crippen LogP contribution is 2.26. The van der Waals surface area contributed by atoms with Gasteiger partial charge < -0.3 is 4.90 Å². The molecule has 0 bridgehead atoms. The van der Waals surface area contributed by atoms with E-state index in [0.717, 1.165) is 28.6 Å². The number of imidazole rings is 1. The number of aromatic nitrogens is 3.